The van der Waals surface area contributed by atoms with Gasteiger partial charge in [-0.1, -0.05) is 0 Å². The highest BCUT2D eigenvalue weighted by atomic mass is 32.2. The van der Waals surface area contributed by atoms with Gasteiger partial charge in [-0.2, -0.15) is 0 Å². The van der Waals surface area contributed by atoms with Crippen LogP contribution in [0.5, 0.6) is 5.75 Å². The van der Waals surface area contributed by atoms with Gasteiger partial charge in [0.2, 0.25) is 10.0 Å². The van der Waals surface area contributed by atoms with Gasteiger partial charge in [0, 0.05) is 12.6 Å². The molecule has 0 aliphatic heterocycles. The molecule has 0 heterocycles. The highest BCUT2D eigenvalue weighted by Crippen LogP contribution is 2.23. The van der Waals surface area contributed by atoms with E-state index in [4.69, 9.17) is 5.73 Å². The van der Waals surface area contributed by atoms with Crippen molar-refractivity contribution < 1.29 is 26.3 Å². The quantitative estimate of drug-likeness (QED) is 0.836. The number of nitrogens with two attached hydrogens (primary N) is 1. The Balaban J connectivity index is 2.72. The van der Waals surface area contributed by atoms with E-state index in [1.807, 2.05) is 0 Å². The van der Waals surface area contributed by atoms with Crippen LogP contribution in [0.1, 0.15) is 13.3 Å². The Labute approximate surface area is 115 Å². The molecule has 114 valence electrons. The van der Waals surface area contributed by atoms with E-state index in [-0.39, 0.29) is 17.5 Å². The van der Waals surface area contributed by atoms with Crippen molar-refractivity contribution in [3.8, 4) is 5.75 Å². The Bertz CT molecular complexity index is 527. The van der Waals surface area contributed by atoms with Crippen LogP contribution in [0.15, 0.2) is 29.2 Å². The highest BCUT2D eigenvalue weighted by molar-refractivity contribution is 7.89. The first-order chi connectivity index (χ1) is 9.10. The molecule has 9 heteroatoms. The molecule has 0 spiro atoms. The van der Waals surface area contributed by atoms with Crippen LogP contribution in [-0.4, -0.2) is 27.4 Å². The largest absolute Gasteiger partial charge is 0.573 e. The lowest BCUT2D eigenvalue weighted by atomic mass is 10.3. The summed E-state index contributed by atoms with van der Waals surface area (Å²) in [5, 5.41) is 0. The Morgan fingerprint density at radius 3 is 2.30 bits per heavy atom. The lowest BCUT2D eigenvalue weighted by molar-refractivity contribution is -0.274. The normalized spacial score (nSPS) is 14.1. The number of rotatable bonds is 6. The van der Waals surface area contributed by atoms with E-state index in [0.29, 0.717) is 6.42 Å². The maximum Gasteiger partial charge on any atom is 0.573 e. The zero-order valence-electron chi connectivity index (χ0n) is 10.6. The minimum absolute atomic E-state index is 0.142. The number of halogens is 3. The summed E-state index contributed by atoms with van der Waals surface area (Å²) in [7, 11) is -3.76. The second-order valence-corrected chi connectivity index (χ2v) is 5.95. The standard InChI is InChI=1S/C11H15F3N2O3S/c1-8(15)6-7-16-20(17,18)10-4-2-9(3-5-10)19-11(12,13)14/h2-5,8,16H,6-7,15H2,1H3. The van der Waals surface area contributed by atoms with Crippen LogP contribution in [0, 0.1) is 0 Å². The fourth-order valence-corrected chi connectivity index (χ4v) is 2.37. The summed E-state index contributed by atoms with van der Waals surface area (Å²) in [6.45, 7) is 1.89. The van der Waals surface area contributed by atoms with Crippen molar-refractivity contribution in [1.82, 2.24) is 4.72 Å². The van der Waals surface area contributed by atoms with Crippen molar-refractivity contribution in [2.24, 2.45) is 5.73 Å². The molecule has 0 aliphatic carbocycles. The van der Waals surface area contributed by atoms with Crippen molar-refractivity contribution >= 4 is 10.0 Å². The molecule has 1 unspecified atom stereocenters. The molecule has 0 fully saturated rings. The van der Waals surface area contributed by atoms with Crippen molar-refractivity contribution in [1.29, 1.82) is 0 Å². The molecular formula is C11H15F3N2O3S. The van der Waals surface area contributed by atoms with E-state index in [1.54, 1.807) is 6.92 Å². The highest BCUT2D eigenvalue weighted by Gasteiger charge is 2.31. The molecule has 0 aromatic heterocycles. The lowest BCUT2D eigenvalue weighted by Gasteiger charge is -2.10. The molecule has 0 amide bonds. The Hall–Kier alpha value is -1.32. The molecule has 5 nitrogen and oxygen atoms in total. The van der Waals surface area contributed by atoms with Crippen molar-refractivity contribution in [2.75, 3.05) is 6.54 Å². The van der Waals surface area contributed by atoms with Crippen LogP contribution in [0.4, 0.5) is 13.2 Å². The molecule has 0 aliphatic rings. The first-order valence-electron chi connectivity index (χ1n) is 5.71. The van der Waals surface area contributed by atoms with E-state index in [1.165, 1.54) is 0 Å². The van der Waals surface area contributed by atoms with Crippen LogP contribution in [-0.2, 0) is 10.0 Å². The average molecular weight is 312 g/mol. The molecule has 0 radical (unpaired) electrons. The van der Waals surface area contributed by atoms with Crippen LogP contribution in [0.3, 0.4) is 0 Å². The maximum absolute atomic E-state index is 12.0. The zero-order valence-corrected chi connectivity index (χ0v) is 11.5. The number of hydrogen-bond acceptors (Lipinski definition) is 4. The average Bonchev–Trinajstić information content (AvgIpc) is 2.26. The van der Waals surface area contributed by atoms with Crippen molar-refractivity contribution in [3.63, 3.8) is 0 Å². The fourth-order valence-electron chi connectivity index (χ4n) is 1.32. The summed E-state index contributed by atoms with van der Waals surface area (Å²) < 4.78 is 65.4. The van der Waals surface area contributed by atoms with Gasteiger partial charge in [-0.25, -0.2) is 13.1 Å². The van der Waals surface area contributed by atoms with Gasteiger partial charge in [-0.3, -0.25) is 0 Å². The monoisotopic (exact) mass is 312 g/mol. The van der Waals surface area contributed by atoms with E-state index < -0.39 is 22.1 Å². The molecule has 1 atom stereocenters. The van der Waals surface area contributed by atoms with Gasteiger partial charge in [-0.15, -0.1) is 13.2 Å². The van der Waals surface area contributed by atoms with E-state index >= 15 is 0 Å². The third-order valence-corrected chi connectivity index (χ3v) is 3.74. The number of sulfonamides is 1. The molecule has 1 aromatic carbocycles. The molecule has 1 aromatic rings. The smallest absolute Gasteiger partial charge is 0.406 e. The maximum atomic E-state index is 12.0. The van der Waals surface area contributed by atoms with Crippen molar-refractivity contribution in [2.45, 2.75) is 30.6 Å². The van der Waals surface area contributed by atoms with Gasteiger partial charge < -0.3 is 10.5 Å². The number of alkyl halides is 3. The number of hydrogen-bond donors (Lipinski definition) is 2. The first kappa shape index (κ1) is 16.7. The summed E-state index contributed by atoms with van der Waals surface area (Å²) in [6, 6.07) is 3.80. The molecule has 20 heavy (non-hydrogen) atoms. The predicted octanol–water partition coefficient (Wildman–Crippen LogP) is 1.60. The van der Waals surface area contributed by atoms with Gasteiger partial charge in [0.05, 0.1) is 4.90 Å². The van der Waals surface area contributed by atoms with Crippen LogP contribution >= 0.6 is 0 Å². The third-order valence-electron chi connectivity index (χ3n) is 2.26. The number of ether oxygens (including phenoxy) is 1. The Morgan fingerprint density at radius 2 is 1.85 bits per heavy atom. The second-order valence-electron chi connectivity index (χ2n) is 4.18. The fraction of sp³-hybridized carbons (Fsp3) is 0.455. The molecule has 1 rings (SSSR count). The van der Waals surface area contributed by atoms with E-state index in [9.17, 15) is 21.6 Å². The lowest BCUT2D eigenvalue weighted by Crippen LogP contribution is -2.29. The molecule has 0 saturated heterocycles. The first-order valence-corrected chi connectivity index (χ1v) is 7.19. The van der Waals surface area contributed by atoms with Crippen LogP contribution in [0.25, 0.3) is 0 Å². The number of nitrogens with one attached hydrogen (secondary N) is 1. The summed E-state index contributed by atoms with van der Waals surface area (Å²) in [4.78, 5) is -0.142. The van der Waals surface area contributed by atoms with Crippen LogP contribution < -0.4 is 15.2 Å². The number of benzene rings is 1. The topological polar surface area (TPSA) is 81.4 Å². The third kappa shape index (κ3) is 5.76. The van der Waals surface area contributed by atoms with Gasteiger partial charge in [0.25, 0.3) is 0 Å². The molecule has 3 N–H and O–H groups in total. The molecule has 0 saturated carbocycles. The summed E-state index contributed by atoms with van der Waals surface area (Å²) in [6.07, 6.45) is -4.36. The van der Waals surface area contributed by atoms with Crippen LogP contribution in [0.2, 0.25) is 0 Å². The predicted molar refractivity (Wildman–Crippen MR) is 66.6 cm³/mol. The van der Waals surface area contributed by atoms with Gasteiger partial charge in [0.15, 0.2) is 0 Å². The van der Waals surface area contributed by atoms with Gasteiger partial charge in [0.1, 0.15) is 5.75 Å². The Morgan fingerprint density at radius 1 is 1.30 bits per heavy atom. The van der Waals surface area contributed by atoms with Gasteiger partial charge in [-0.05, 0) is 37.6 Å². The minimum atomic E-state index is -4.81. The second kappa shape index (κ2) is 6.42. The van der Waals surface area contributed by atoms with E-state index in [2.05, 4.69) is 9.46 Å². The molecule has 0 bridgehead atoms. The zero-order chi connectivity index (χ0) is 15.4. The Kier molecular flexibility index (Phi) is 5.37. The summed E-state index contributed by atoms with van der Waals surface area (Å²) >= 11 is 0. The van der Waals surface area contributed by atoms with Crippen molar-refractivity contribution in [3.05, 3.63) is 24.3 Å². The SMILES string of the molecule is CC(N)CCNS(=O)(=O)c1ccc(OC(F)(F)F)cc1. The van der Waals surface area contributed by atoms with E-state index in [0.717, 1.165) is 24.3 Å². The van der Waals surface area contributed by atoms with Gasteiger partial charge >= 0.3 is 6.36 Å². The minimum Gasteiger partial charge on any atom is -0.406 e. The molecular weight excluding hydrogens is 297 g/mol. The summed E-state index contributed by atoms with van der Waals surface area (Å²) in [5.41, 5.74) is 5.48. The summed E-state index contributed by atoms with van der Waals surface area (Å²) in [5.74, 6) is -0.480.